The quantitative estimate of drug-likeness (QED) is 0.763. The average Bonchev–Trinajstić information content (AvgIpc) is 2.16. The molecule has 0 spiro atoms. The van der Waals surface area contributed by atoms with Crippen LogP contribution in [0, 0.1) is 0 Å². The number of halogens is 4. The van der Waals surface area contributed by atoms with Crippen molar-refractivity contribution in [3.8, 4) is 5.75 Å². The molecule has 0 amide bonds. The molecule has 1 aromatic rings. The largest absolute Gasteiger partial charge is 0.496 e. The molecule has 1 aromatic carbocycles. The fourth-order valence-electron chi connectivity index (χ4n) is 1.06. The van der Waals surface area contributed by atoms with Crippen LogP contribution in [0.15, 0.2) is 22.7 Å². The molecule has 0 saturated heterocycles. The number of ether oxygens (including phenoxy) is 1. The van der Waals surface area contributed by atoms with Gasteiger partial charge in [0.1, 0.15) is 11.1 Å². The molecule has 1 atom stereocenters. The zero-order valence-electron chi connectivity index (χ0n) is 7.31. The van der Waals surface area contributed by atoms with Gasteiger partial charge in [-0.25, -0.2) is 8.78 Å². The Bertz CT molecular complexity index is 320. The minimum Gasteiger partial charge on any atom is -0.496 e. The predicted octanol–water partition coefficient (Wildman–Crippen LogP) is 4.00. The smallest absolute Gasteiger partial charge is 0.258 e. The van der Waals surface area contributed by atoms with Crippen LogP contribution < -0.4 is 4.74 Å². The summed E-state index contributed by atoms with van der Waals surface area (Å²) in [5, 5.41) is -1.34. The Balaban J connectivity index is 3.10. The number of hydrogen-bond acceptors (Lipinski definition) is 1. The van der Waals surface area contributed by atoms with Gasteiger partial charge >= 0.3 is 0 Å². The van der Waals surface area contributed by atoms with Crippen molar-refractivity contribution in [2.24, 2.45) is 0 Å². The Morgan fingerprint density at radius 2 is 2.07 bits per heavy atom. The van der Waals surface area contributed by atoms with Gasteiger partial charge in [-0.15, -0.1) is 11.6 Å². The Labute approximate surface area is 94.1 Å². The van der Waals surface area contributed by atoms with Crippen molar-refractivity contribution >= 4 is 27.5 Å². The van der Waals surface area contributed by atoms with Crippen molar-refractivity contribution in [2.45, 2.75) is 11.8 Å². The van der Waals surface area contributed by atoms with E-state index in [1.165, 1.54) is 13.2 Å². The van der Waals surface area contributed by atoms with Crippen LogP contribution >= 0.6 is 27.5 Å². The summed E-state index contributed by atoms with van der Waals surface area (Å²) >= 11 is 8.73. The Hall–Kier alpha value is -0.350. The Kier molecular flexibility index (Phi) is 4.13. The third-order valence-corrected chi connectivity index (χ3v) is 2.63. The van der Waals surface area contributed by atoms with Gasteiger partial charge in [0.2, 0.25) is 0 Å². The molecular formula is C9H8BrClF2O. The van der Waals surface area contributed by atoms with Crippen LogP contribution in [-0.2, 0) is 0 Å². The third kappa shape index (κ3) is 2.58. The Morgan fingerprint density at radius 1 is 1.43 bits per heavy atom. The molecular weight excluding hydrogens is 277 g/mol. The second kappa shape index (κ2) is 4.94. The summed E-state index contributed by atoms with van der Waals surface area (Å²) in [4.78, 5) is 0. The summed E-state index contributed by atoms with van der Waals surface area (Å²) in [5.74, 6) is 0.369. The minimum absolute atomic E-state index is 0.290. The van der Waals surface area contributed by atoms with Crippen LogP contribution in [0.1, 0.15) is 10.9 Å². The summed E-state index contributed by atoms with van der Waals surface area (Å²) < 4.78 is 30.3. The first kappa shape index (κ1) is 11.7. The number of methoxy groups -OCH3 is 1. The topological polar surface area (TPSA) is 9.23 Å². The SMILES string of the molecule is COc1ccc(Br)cc1C(Cl)C(F)F. The fourth-order valence-corrected chi connectivity index (χ4v) is 1.61. The molecule has 14 heavy (non-hydrogen) atoms. The van der Waals surface area contributed by atoms with E-state index in [0.717, 1.165) is 0 Å². The maximum absolute atomic E-state index is 12.4. The monoisotopic (exact) mass is 284 g/mol. The van der Waals surface area contributed by atoms with E-state index in [1.807, 2.05) is 0 Å². The molecule has 0 aliphatic carbocycles. The molecule has 1 rings (SSSR count). The zero-order valence-corrected chi connectivity index (χ0v) is 9.65. The van der Waals surface area contributed by atoms with Gasteiger partial charge in [0.05, 0.1) is 7.11 Å². The summed E-state index contributed by atoms with van der Waals surface area (Å²) in [5.41, 5.74) is 0.290. The van der Waals surface area contributed by atoms with Gasteiger partial charge in [-0.1, -0.05) is 15.9 Å². The van der Waals surface area contributed by atoms with E-state index in [2.05, 4.69) is 15.9 Å². The van der Waals surface area contributed by atoms with Gasteiger partial charge in [0.25, 0.3) is 6.43 Å². The standard InChI is InChI=1S/C9H8BrClF2O/c1-14-7-3-2-5(10)4-6(7)8(11)9(12)13/h2-4,8-9H,1H3. The molecule has 5 heteroatoms. The van der Waals surface area contributed by atoms with E-state index in [-0.39, 0.29) is 0 Å². The first-order chi connectivity index (χ1) is 6.56. The molecule has 1 unspecified atom stereocenters. The minimum atomic E-state index is -2.61. The molecule has 0 radical (unpaired) electrons. The average molecular weight is 286 g/mol. The van der Waals surface area contributed by atoms with Crippen molar-refractivity contribution in [1.29, 1.82) is 0 Å². The normalized spacial score (nSPS) is 13.0. The van der Waals surface area contributed by atoms with E-state index in [0.29, 0.717) is 15.8 Å². The van der Waals surface area contributed by atoms with Crippen LogP contribution in [0.4, 0.5) is 8.78 Å². The maximum atomic E-state index is 12.4. The van der Waals surface area contributed by atoms with Crippen molar-refractivity contribution in [1.82, 2.24) is 0 Å². The summed E-state index contributed by atoms with van der Waals surface area (Å²) in [6.07, 6.45) is -2.61. The van der Waals surface area contributed by atoms with Crippen LogP contribution in [0.5, 0.6) is 5.75 Å². The van der Waals surface area contributed by atoms with E-state index in [1.54, 1.807) is 12.1 Å². The number of hydrogen-bond donors (Lipinski definition) is 0. The number of benzene rings is 1. The van der Waals surface area contributed by atoms with E-state index < -0.39 is 11.8 Å². The lowest BCUT2D eigenvalue weighted by molar-refractivity contribution is 0.142. The maximum Gasteiger partial charge on any atom is 0.258 e. The second-order valence-corrected chi connectivity index (χ2v) is 4.01. The van der Waals surface area contributed by atoms with Gasteiger partial charge < -0.3 is 4.74 Å². The first-order valence-corrected chi connectivity index (χ1v) is 5.05. The number of rotatable bonds is 3. The highest BCUT2D eigenvalue weighted by molar-refractivity contribution is 9.10. The highest BCUT2D eigenvalue weighted by Crippen LogP contribution is 2.35. The predicted molar refractivity (Wildman–Crippen MR) is 55.3 cm³/mol. The van der Waals surface area contributed by atoms with Crippen LogP contribution in [0.25, 0.3) is 0 Å². The van der Waals surface area contributed by atoms with E-state index in [4.69, 9.17) is 16.3 Å². The van der Waals surface area contributed by atoms with Gasteiger partial charge in [-0.3, -0.25) is 0 Å². The summed E-state index contributed by atoms with van der Waals surface area (Å²) in [7, 11) is 1.42. The fraction of sp³-hybridized carbons (Fsp3) is 0.333. The van der Waals surface area contributed by atoms with Gasteiger partial charge in [0, 0.05) is 10.0 Å². The van der Waals surface area contributed by atoms with Crippen molar-refractivity contribution in [2.75, 3.05) is 7.11 Å². The summed E-state index contributed by atoms with van der Waals surface area (Å²) in [6.45, 7) is 0. The highest BCUT2D eigenvalue weighted by atomic mass is 79.9. The lowest BCUT2D eigenvalue weighted by Crippen LogP contribution is -2.04. The molecule has 0 fully saturated rings. The lowest BCUT2D eigenvalue weighted by atomic mass is 10.1. The molecule has 78 valence electrons. The highest BCUT2D eigenvalue weighted by Gasteiger charge is 2.23. The van der Waals surface area contributed by atoms with E-state index >= 15 is 0 Å². The van der Waals surface area contributed by atoms with Crippen molar-refractivity contribution in [3.63, 3.8) is 0 Å². The molecule has 1 nitrogen and oxygen atoms in total. The van der Waals surface area contributed by atoms with Crippen LogP contribution in [-0.4, -0.2) is 13.5 Å². The zero-order chi connectivity index (χ0) is 10.7. The first-order valence-electron chi connectivity index (χ1n) is 3.82. The number of alkyl halides is 3. The second-order valence-electron chi connectivity index (χ2n) is 2.62. The molecule has 0 aliphatic rings. The third-order valence-electron chi connectivity index (χ3n) is 1.71. The molecule has 0 aromatic heterocycles. The van der Waals surface area contributed by atoms with Crippen LogP contribution in [0.2, 0.25) is 0 Å². The molecule has 0 bridgehead atoms. The summed E-state index contributed by atoms with van der Waals surface area (Å²) in [6, 6.07) is 4.83. The molecule has 0 N–H and O–H groups in total. The van der Waals surface area contributed by atoms with Gasteiger partial charge in [-0.05, 0) is 18.2 Å². The molecule has 0 saturated carbocycles. The van der Waals surface area contributed by atoms with Gasteiger partial charge in [0.15, 0.2) is 0 Å². The molecule has 0 heterocycles. The van der Waals surface area contributed by atoms with Crippen molar-refractivity contribution < 1.29 is 13.5 Å². The lowest BCUT2D eigenvalue weighted by Gasteiger charge is -2.13. The van der Waals surface area contributed by atoms with Gasteiger partial charge in [-0.2, -0.15) is 0 Å². The van der Waals surface area contributed by atoms with Crippen LogP contribution in [0.3, 0.4) is 0 Å². The van der Waals surface area contributed by atoms with Crippen molar-refractivity contribution in [3.05, 3.63) is 28.2 Å². The molecule has 0 aliphatic heterocycles. The van der Waals surface area contributed by atoms with E-state index in [9.17, 15) is 8.78 Å². The Morgan fingerprint density at radius 3 is 2.57 bits per heavy atom.